The molecule has 138 valence electrons. The molecule has 1 fully saturated rings. The molecule has 0 spiro atoms. The van der Waals surface area contributed by atoms with Crippen molar-refractivity contribution in [3.8, 4) is 0 Å². The van der Waals surface area contributed by atoms with Gasteiger partial charge in [-0.1, -0.05) is 32.1 Å². The molecule has 0 amide bonds. The maximum absolute atomic E-state index is 10.2. The van der Waals surface area contributed by atoms with E-state index in [1.807, 2.05) is 16.7 Å². The van der Waals surface area contributed by atoms with Crippen molar-refractivity contribution in [1.82, 2.24) is 5.32 Å². The van der Waals surface area contributed by atoms with E-state index < -0.39 is 0 Å². The number of fused-ring (bicyclic) bond motifs is 1. The number of hydrogen-bond donors (Lipinski definition) is 1. The molecular formula is C21H31NOS2. The lowest BCUT2D eigenvalue weighted by Crippen LogP contribution is -2.17. The van der Waals surface area contributed by atoms with E-state index in [4.69, 9.17) is 12.2 Å². The van der Waals surface area contributed by atoms with Crippen LogP contribution >= 0.6 is 23.6 Å². The molecule has 1 atom stereocenters. The van der Waals surface area contributed by atoms with Gasteiger partial charge in [-0.15, -0.1) is 11.3 Å². The lowest BCUT2D eigenvalue weighted by molar-refractivity contribution is -0.118. The normalized spacial score (nSPS) is 18.6. The maximum atomic E-state index is 10.2. The zero-order chi connectivity index (χ0) is 18.4. The number of ketones is 1. The lowest BCUT2D eigenvalue weighted by Gasteiger charge is -2.20. The number of aryl methyl sites for hydroxylation is 2. The first-order valence-corrected chi connectivity index (χ1v) is 10.8. The molecule has 0 aliphatic heterocycles. The molecule has 0 aromatic carbocycles. The summed E-state index contributed by atoms with van der Waals surface area (Å²) in [6, 6.07) is 0. The average Bonchev–Trinajstić information content (AvgIpc) is 3.38. The van der Waals surface area contributed by atoms with Gasteiger partial charge < -0.3 is 5.32 Å². The van der Waals surface area contributed by atoms with Crippen LogP contribution in [-0.2, 0) is 17.6 Å². The number of nitrogens with one attached hydrogen (secondary N) is 1. The highest BCUT2D eigenvalue weighted by molar-refractivity contribution is 7.79. The second-order valence-corrected chi connectivity index (χ2v) is 8.80. The Morgan fingerprint density at radius 1 is 1.40 bits per heavy atom. The third-order valence-corrected chi connectivity index (χ3v) is 6.58. The van der Waals surface area contributed by atoms with Gasteiger partial charge in [-0.2, -0.15) is 0 Å². The van der Waals surface area contributed by atoms with Crippen LogP contribution in [0.2, 0.25) is 0 Å². The Kier molecular flexibility index (Phi) is 7.82. The van der Waals surface area contributed by atoms with Crippen molar-refractivity contribution in [1.29, 1.82) is 0 Å². The molecule has 1 saturated carbocycles. The summed E-state index contributed by atoms with van der Waals surface area (Å²) < 4.78 is 0. The molecule has 2 nitrogen and oxygen atoms in total. The molecule has 3 rings (SSSR count). The van der Waals surface area contributed by atoms with Crippen LogP contribution in [0.1, 0.15) is 66.8 Å². The molecule has 1 unspecified atom stereocenters. The van der Waals surface area contributed by atoms with Gasteiger partial charge in [0, 0.05) is 33.5 Å². The zero-order valence-corrected chi connectivity index (χ0v) is 17.5. The SMILES string of the molecule is C=C(NCCCC)c1c(C)sc2c1CC(C=S)CC2.CC(=O)C1CC1. The minimum absolute atomic E-state index is 0.370. The van der Waals surface area contributed by atoms with Gasteiger partial charge in [0.05, 0.1) is 0 Å². The lowest BCUT2D eigenvalue weighted by atomic mass is 9.87. The van der Waals surface area contributed by atoms with Crippen LogP contribution in [0.15, 0.2) is 6.58 Å². The summed E-state index contributed by atoms with van der Waals surface area (Å²) in [5.41, 5.74) is 3.99. The first kappa shape index (κ1) is 20.3. The van der Waals surface area contributed by atoms with Crippen LogP contribution in [0.3, 0.4) is 0 Å². The summed E-state index contributed by atoms with van der Waals surface area (Å²) >= 11 is 7.09. The Morgan fingerprint density at radius 3 is 2.64 bits per heavy atom. The van der Waals surface area contributed by atoms with Crippen LogP contribution < -0.4 is 5.32 Å². The van der Waals surface area contributed by atoms with Crippen molar-refractivity contribution in [3.05, 3.63) is 27.5 Å². The Balaban J connectivity index is 0.000000316. The van der Waals surface area contributed by atoms with Crippen molar-refractivity contribution >= 4 is 40.4 Å². The van der Waals surface area contributed by atoms with E-state index in [-0.39, 0.29) is 0 Å². The number of hydrogen-bond acceptors (Lipinski definition) is 4. The molecule has 0 bridgehead atoms. The standard InChI is InChI=1S/C16H23NS2.C5H8O/c1-4-5-8-17-11(2)16-12(3)19-15-7-6-13(10-18)9-14(15)16;1-4(6)5-2-3-5/h10,13,17H,2,4-9H2,1,3H3;5H,2-3H2,1H3. The number of carbonyl (C=O) groups is 1. The second kappa shape index (κ2) is 9.63. The fraction of sp³-hybridized carbons (Fsp3) is 0.619. The monoisotopic (exact) mass is 377 g/mol. The Hall–Kier alpha value is -1.00. The van der Waals surface area contributed by atoms with E-state index in [1.165, 1.54) is 41.7 Å². The van der Waals surface area contributed by atoms with Gasteiger partial charge in [0.2, 0.25) is 0 Å². The average molecular weight is 378 g/mol. The number of thiocarbonyl (C=S) groups is 1. The highest BCUT2D eigenvalue weighted by atomic mass is 32.1. The number of carbonyl (C=O) groups excluding carboxylic acids is 1. The molecule has 1 aromatic rings. The van der Waals surface area contributed by atoms with Gasteiger partial charge in [0.25, 0.3) is 0 Å². The minimum Gasteiger partial charge on any atom is -0.385 e. The quantitative estimate of drug-likeness (QED) is 0.502. The maximum Gasteiger partial charge on any atom is 0.132 e. The molecule has 1 aromatic heterocycles. The summed E-state index contributed by atoms with van der Waals surface area (Å²) in [7, 11) is 0. The molecule has 25 heavy (non-hydrogen) atoms. The Morgan fingerprint density at radius 2 is 2.12 bits per heavy atom. The highest BCUT2D eigenvalue weighted by Gasteiger charge is 2.25. The smallest absolute Gasteiger partial charge is 0.132 e. The van der Waals surface area contributed by atoms with Gasteiger partial charge in [0.15, 0.2) is 0 Å². The van der Waals surface area contributed by atoms with E-state index in [1.54, 1.807) is 11.8 Å². The molecular weight excluding hydrogens is 346 g/mol. The van der Waals surface area contributed by atoms with Crippen LogP contribution in [0.5, 0.6) is 0 Å². The van der Waals surface area contributed by atoms with Crippen LogP contribution in [0.4, 0.5) is 0 Å². The minimum atomic E-state index is 0.370. The van der Waals surface area contributed by atoms with Crippen molar-refractivity contribution < 1.29 is 4.79 Å². The van der Waals surface area contributed by atoms with Crippen molar-refractivity contribution in [2.45, 2.75) is 65.7 Å². The molecule has 0 radical (unpaired) electrons. The number of thiophene rings is 1. The molecule has 2 aliphatic rings. The van der Waals surface area contributed by atoms with Crippen molar-refractivity contribution in [2.75, 3.05) is 6.54 Å². The van der Waals surface area contributed by atoms with E-state index in [9.17, 15) is 4.79 Å². The third-order valence-electron chi connectivity index (χ3n) is 4.99. The van der Waals surface area contributed by atoms with Crippen LogP contribution in [0.25, 0.3) is 5.70 Å². The summed E-state index contributed by atoms with van der Waals surface area (Å²) in [6.07, 6.45) is 8.21. The van der Waals surface area contributed by atoms with Gasteiger partial charge in [-0.05, 0) is 69.2 Å². The molecule has 1 heterocycles. The zero-order valence-electron chi connectivity index (χ0n) is 15.8. The number of rotatable bonds is 7. The second-order valence-electron chi connectivity index (χ2n) is 7.22. The van der Waals surface area contributed by atoms with E-state index >= 15 is 0 Å². The van der Waals surface area contributed by atoms with Gasteiger partial charge in [0.1, 0.15) is 5.78 Å². The fourth-order valence-electron chi connectivity index (χ4n) is 3.25. The summed E-state index contributed by atoms with van der Waals surface area (Å²) in [6.45, 7) is 11.4. The summed E-state index contributed by atoms with van der Waals surface area (Å²) in [5.74, 6) is 1.40. The summed E-state index contributed by atoms with van der Waals surface area (Å²) in [5, 5.41) is 5.44. The highest BCUT2D eigenvalue weighted by Crippen LogP contribution is 2.38. The number of Topliss-reactive ketones (excluding diaryl/α,β-unsaturated/α-hetero) is 1. The van der Waals surface area contributed by atoms with Gasteiger partial charge in [-0.25, -0.2) is 0 Å². The van der Waals surface area contributed by atoms with E-state index in [0.29, 0.717) is 17.6 Å². The first-order valence-electron chi connectivity index (χ1n) is 9.47. The van der Waals surface area contributed by atoms with Crippen molar-refractivity contribution in [2.24, 2.45) is 11.8 Å². The predicted octanol–water partition coefficient (Wildman–Crippen LogP) is 5.51. The van der Waals surface area contributed by atoms with Crippen molar-refractivity contribution in [3.63, 3.8) is 0 Å². The molecule has 1 N–H and O–H groups in total. The Bertz CT molecular complexity index is 628. The molecule has 0 saturated heterocycles. The van der Waals surface area contributed by atoms with E-state index in [2.05, 4.69) is 25.7 Å². The predicted molar refractivity (Wildman–Crippen MR) is 114 cm³/mol. The van der Waals surface area contributed by atoms with Crippen LogP contribution in [0, 0.1) is 18.8 Å². The number of unbranched alkanes of at least 4 members (excludes halogenated alkanes) is 1. The van der Waals surface area contributed by atoms with Crippen LogP contribution in [-0.4, -0.2) is 17.7 Å². The third kappa shape index (κ3) is 5.75. The Labute approximate surface area is 162 Å². The first-order chi connectivity index (χ1) is 12.0. The van der Waals surface area contributed by atoms with E-state index in [0.717, 1.165) is 31.5 Å². The fourth-order valence-corrected chi connectivity index (χ4v) is 4.73. The summed E-state index contributed by atoms with van der Waals surface area (Å²) in [4.78, 5) is 13.2. The topological polar surface area (TPSA) is 29.1 Å². The molecule has 4 heteroatoms. The van der Waals surface area contributed by atoms with Gasteiger partial charge >= 0.3 is 0 Å². The van der Waals surface area contributed by atoms with Gasteiger partial charge in [-0.3, -0.25) is 4.79 Å². The molecule has 2 aliphatic carbocycles. The largest absolute Gasteiger partial charge is 0.385 e.